The number of phosphoric ester groups is 1. The zero-order valence-corrected chi connectivity index (χ0v) is 49.6. The van der Waals surface area contributed by atoms with Gasteiger partial charge < -0.3 is 89.5 Å². The lowest BCUT2D eigenvalue weighted by Crippen LogP contribution is -2.69. The lowest BCUT2D eigenvalue weighted by molar-refractivity contribution is -0.360. The molecule has 17 unspecified atom stereocenters. The molecule has 2 saturated heterocycles. The van der Waals surface area contributed by atoms with Crippen molar-refractivity contribution in [1.29, 1.82) is 0 Å². The number of rotatable bonds is 45. The maximum Gasteiger partial charge on any atom is 0.472 e. The highest BCUT2D eigenvalue weighted by Crippen LogP contribution is 2.49. The fourth-order valence-electron chi connectivity index (χ4n) is 10.6. The molecule has 0 aromatic heterocycles. The molecule has 3 rings (SSSR count). The van der Waals surface area contributed by atoms with Crippen LogP contribution in [0.3, 0.4) is 0 Å². The molecule has 0 spiro atoms. The third-order valence-corrected chi connectivity index (χ3v) is 16.8. The summed E-state index contributed by atoms with van der Waals surface area (Å²) in [5, 5.41) is 117. The van der Waals surface area contributed by atoms with E-state index in [-0.39, 0.29) is 12.8 Å². The average Bonchev–Trinajstić information content (AvgIpc) is 3.61. The molecule has 0 amide bonds. The number of esters is 2. The minimum Gasteiger partial charge on any atom is -0.462 e. The van der Waals surface area contributed by atoms with E-state index in [0.29, 0.717) is 18.8 Å². The highest BCUT2D eigenvalue weighted by atomic mass is 31.2. The first kappa shape index (κ1) is 73.7. The van der Waals surface area contributed by atoms with Crippen LogP contribution in [-0.4, -0.2) is 204 Å². The third kappa shape index (κ3) is 27.4. The average molecular weight is 1190 g/mol. The van der Waals surface area contributed by atoms with Gasteiger partial charge in [0, 0.05) is 12.8 Å². The number of hydrogen-bond acceptors (Lipinski definition) is 22. The molecule has 0 radical (unpaired) electrons. The van der Waals surface area contributed by atoms with Crippen LogP contribution in [0.1, 0.15) is 213 Å². The summed E-state index contributed by atoms with van der Waals surface area (Å²) >= 11 is 0. The Bertz CT molecular complexity index is 1630. The van der Waals surface area contributed by atoms with Crippen LogP contribution in [0.15, 0.2) is 0 Å². The van der Waals surface area contributed by atoms with Crippen LogP contribution >= 0.6 is 7.82 Å². The molecule has 3 fully saturated rings. The third-order valence-electron chi connectivity index (χ3n) is 15.8. The number of unbranched alkanes of at least 4 members (excludes halogenated alkanes) is 23. The topological polar surface area (TPSA) is 368 Å². The molecule has 1 saturated carbocycles. The fraction of sp³-hybridized carbons (Fsp3) is 0.965. The largest absolute Gasteiger partial charge is 0.472 e. The van der Waals surface area contributed by atoms with E-state index in [2.05, 4.69) is 20.8 Å². The van der Waals surface area contributed by atoms with E-state index in [9.17, 15) is 75.2 Å². The monoisotopic (exact) mass is 1190 g/mol. The molecule has 0 bridgehead atoms. The smallest absolute Gasteiger partial charge is 0.462 e. The van der Waals surface area contributed by atoms with Gasteiger partial charge in [-0.25, -0.2) is 4.57 Å². The molecule has 81 heavy (non-hydrogen) atoms. The maximum absolute atomic E-state index is 14.1. The van der Waals surface area contributed by atoms with Crippen molar-refractivity contribution in [3.05, 3.63) is 0 Å². The second kappa shape index (κ2) is 41.5. The highest BCUT2D eigenvalue weighted by Gasteiger charge is 2.58. The standard InChI is InChI=1S/C57H107O23P/c1-4-6-8-10-12-13-14-15-16-17-18-19-25-29-33-43(61)75-39(36-73-42(60)32-28-24-21-20-23-27-31-38(3)30-26-22-11-9-7-5-2)37-74-81(71,72)80-55-53(78-56-51(69)46(64)44(62)40(34-58)76-56)49(67)48(66)50(68)54(55)79-57-52(70)47(65)45(63)41(35-59)77-57/h38-41,44-59,62-70H,4-37H2,1-3H3,(H,71,72). The summed E-state index contributed by atoms with van der Waals surface area (Å²) < 4.78 is 58.2. The van der Waals surface area contributed by atoms with Gasteiger partial charge in [-0.15, -0.1) is 0 Å². The molecule has 23 nitrogen and oxygen atoms in total. The van der Waals surface area contributed by atoms with Gasteiger partial charge in [0.1, 0.15) is 92.1 Å². The van der Waals surface area contributed by atoms with Crippen LogP contribution in [0.5, 0.6) is 0 Å². The van der Waals surface area contributed by atoms with E-state index >= 15 is 0 Å². The van der Waals surface area contributed by atoms with E-state index in [1.807, 2.05) is 0 Å². The van der Waals surface area contributed by atoms with Gasteiger partial charge in [0.15, 0.2) is 18.7 Å². The van der Waals surface area contributed by atoms with Crippen LogP contribution in [0, 0.1) is 5.92 Å². The fourth-order valence-corrected chi connectivity index (χ4v) is 11.6. The van der Waals surface area contributed by atoms with E-state index < -0.39 is 150 Å². The van der Waals surface area contributed by atoms with Crippen molar-refractivity contribution < 1.29 is 113 Å². The first-order valence-electron chi connectivity index (χ1n) is 30.8. The molecule has 24 heteroatoms. The van der Waals surface area contributed by atoms with Crippen LogP contribution in [0.25, 0.3) is 0 Å². The van der Waals surface area contributed by atoms with Crippen molar-refractivity contribution in [3.63, 3.8) is 0 Å². The summed E-state index contributed by atoms with van der Waals surface area (Å²) in [4.78, 5) is 37.6. The van der Waals surface area contributed by atoms with E-state index in [0.717, 1.165) is 64.2 Å². The van der Waals surface area contributed by atoms with Crippen LogP contribution < -0.4 is 0 Å². The SMILES string of the molecule is CCCCCCCCCCCCCCCCC(=O)OC(COC(=O)CCCCCCCCC(C)CCCCCCCC)COP(=O)(O)OC1C(OC2OC(CO)C(O)C(O)C2O)C(O)C(O)C(O)C1OC1OC(CO)C(O)C(O)C1O. The van der Waals surface area contributed by atoms with Gasteiger partial charge in [-0.1, -0.05) is 188 Å². The number of phosphoric acid groups is 1. The second-order valence-corrected chi connectivity index (χ2v) is 24.3. The lowest BCUT2D eigenvalue weighted by Gasteiger charge is -2.49. The molecule has 2 heterocycles. The van der Waals surface area contributed by atoms with Crippen LogP contribution in [-0.2, 0) is 51.6 Å². The molecule has 478 valence electrons. The van der Waals surface area contributed by atoms with Crippen molar-refractivity contribution in [2.45, 2.75) is 318 Å². The molecule has 2 aliphatic heterocycles. The number of aliphatic hydroxyl groups is 11. The van der Waals surface area contributed by atoms with Gasteiger partial charge in [0.25, 0.3) is 0 Å². The molecule has 0 aromatic rings. The van der Waals surface area contributed by atoms with E-state index in [1.54, 1.807) is 0 Å². The lowest BCUT2D eigenvalue weighted by atomic mass is 9.84. The van der Waals surface area contributed by atoms with Crippen LogP contribution in [0.2, 0.25) is 0 Å². The Labute approximate surface area is 480 Å². The van der Waals surface area contributed by atoms with Gasteiger partial charge in [-0.2, -0.15) is 0 Å². The Morgan fingerprint density at radius 1 is 0.457 bits per heavy atom. The van der Waals surface area contributed by atoms with Gasteiger partial charge in [0.05, 0.1) is 19.8 Å². The molecular formula is C57H107O23P. The summed E-state index contributed by atoms with van der Waals surface area (Å²) in [5.41, 5.74) is 0. The minimum atomic E-state index is -5.63. The van der Waals surface area contributed by atoms with Crippen LogP contribution in [0.4, 0.5) is 0 Å². The first-order valence-corrected chi connectivity index (χ1v) is 32.3. The van der Waals surface area contributed by atoms with Gasteiger partial charge in [-0.3, -0.25) is 18.6 Å². The first-order chi connectivity index (χ1) is 38.8. The second-order valence-electron chi connectivity index (χ2n) is 22.9. The molecule has 12 N–H and O–H groups in total. The number of carbonyl (C=O) groups excluding carboxylic acids is 2. The van der Waals surface area contributed by atoms with Gasteiger partial charge in [0.2, 0.25) is 0 Å². The van der Waals surface area contributed by atoms with Crippen molar-refractivity contribution in [2.75, 3.05) is 26.4 Å². The van der Waals surface area contributed by atoms with Gasteiger partial charge >= 0.3 is 19.8 Å². The number of aliphatic hydroxyl groups excluding tert-OH is 11. The zero-order valence-electron chi connectivity index (χ0n) is 48.7. The molecule has 17 atom stereocenters. The van der Waals surface area contributed by atoms with Crippen molar-refractivity contribution in [1.82, 2.24) is 0 Å². The Kier molecular flexibility index (Phi) is 37.8. The Morgan fingerprint density at radius 3 is 1.21 bits per heavy atom. The Balaban J connectivity index is 1.69. The zero-order chi connectivity index (χ0) is 59.7. The molecular weight excluding hydrogens is 1080 g/mol. The summed E-state index contributed by atoms with van der Waals surface area (Å²) in [6.07, 6.45) is -3.48. The summed E-state index contributed by atoms with van der Waals surface area (Å²) in [5.74, 6) is -0.617. The molecule has 1 aliphatic carbocycles. The minimum absolute atomic E-state index is 0.0259. The summed E-state index contributed by atoms with van der Waals surface area (Å²) in [6, 6.07) is 0. The predicted molar refractivity (Wildman–Crippen MR) is 296 cm³/mol. The Hall–Kier alpha value is -1.55. The molecule has 3 aliphatic rings. The van der Waals surface area contributed by atoms with Crippen molar-refractivity contribution in [3.8, 4) is 0 Å². The normalized spacial score (nSPS) is 31.3. The van der Waals surface area contributed by atoms with Crippen molar-refractivity contribution in [2.24, 2.45) is 5.92 Å². The maximum atomic E-state index is 14.1. The number of hydrogen-bond donors (Lipinski definition) is 12. The molecule has 0 aromatic carbocycles. The Morgan fingerprint density at radius 2 is 0.815 bits per heavy atom. The summed E-state index contributed by atoms with van der Waals surface area (Å²) in [7, 11) is -5.63. The quantitative estimate of drug-likeness (QED) is 0.0221. The predicted octanol–water partition coefficient (Wildman–Crippen LogP) is 4.79. The van der Waals surface area contributed by atoms with Gasteiger partial charge in [-0.05, 0) is 18.8 Å². The van der Waals surface area contributed by atoms with E-state index in [1.165, 1.54) is 103 Å². The highest BCUT2D eigenvalue weighted by molar-refractivity contribution is 7.47. The number of ether oxygens (including phenoxy) is 6. The summed E-state index contributed by atoms with van der Waals surface area (Å²) in [6.45, 7) is 3.35. The number of carbonyl (C=O) groups is 2. The van der Waals surface area contributed by atoms with Crippen molar-refractivity contribution >= 4 is 19.8 Å². The van der Waals surface area contributed by atoms with E-state index in [4.69, 9.17) is 37.5 Å².